The summed E-state index contributed by atoms with van der Waals surface area (Å²) in [5.74, 6) is 0.898. The van der Waals surface area contributed by atoms with E-state index in [0.29, 0.717) is 5.54 Å². The summed E-state index contributed by atoms with van der Waals surface area (Å²) in [6.45, 7) is 5.70. The molecule has 1 heterocycles. The van der Waals surface area contributed by atoms with Crippen LogP contribution in [0.3, 0.4) is 0 Å². The highest BCUT2D eigenvalue weighted by molar-refractivity contribution is 5.34. The van der Waals surface area contributed by atoms with Crippen LogP contribution < -0.4 is 5.32 Å². The van der Waals surface area contributed by atoms with Crippen LogP contribution in [0.15, 0.2) is 43.0 Å². The molecule has 0 atom stereocenters. The maximum atomic E-state index is 4.08. The van der Waals surface area contributed by atoms with Crippen LogP contribution in [-0.2, 0) is 6.54 Å². The van der Waals surface area contributed by atoms with Crippen LogP contribution in [0.1, 0.15) is 45.1 Å². The summed E-state index contributed by atoms with van der Waals surface area (Å²) < 4.78 is 2.03. The Morgan fingerprint density at radius 2 is 1.95 bits per heavy atom. The molecule has 0 spiro atoms. The largest absolute Gasteiger partial charge is 0.307 e. The molecular formula is C18H25N3. The minimum absolute atomic E-state index is 0.315. The van der Waals surface area contributed by atoms with Gasteiger partial charge in [-0.25, -0.2) is 4.98 Å². The van der Waals surface area contributed by atoms with E-state index in [2.05, 4.69) is 48.4 Å². The summed E-state index contributed by atoms with van der Waals surface area (Å²) in [5, 5.41) is 3.77. The molecule has 0 amide bonds. The van der Waals surface area contributed by atoms with Gasteiger partial charge in [0.15, 0.2) is 0 Å². The lowest BCUT2D eigenvalue weighted by Crippen LogP contribution is -2.44. The second-order valence-electron chi connectivity index (χ2n) is 6.73. The third-order valence-electron chi connectivity index (χ3n) is 4.84. The van der Waals surface area contributed by atoms with Crippen LogP contribution >= 0.6 is 0 Å². The van der Waals surface area contributed by atoms with Crippen LogP contribution in [-0.4, -0.2) is 15.1 Å². The molecule has 0 aliphatic heterocycles. The molecule has 1 saturated carbocycles. The van der Waals surface area contributed by atoms with Gasteiger partial charge in [0, 0.05) is 30.2 Å². The summed E-state index contributed by atoms with van der Waals surface area (Å²) in [6.07, 6.45) is 10.9. The average Bonchev–Trinajstić information content (AvgIpc) is 3.04. The van der Waals surface area contributed by atoms with E-state index in [-0.39, 0.29) is 0 Å². The molecule has 0 saturated heterocycles. The molecule has 1 fully saturated rings. The molecule has 1 aromatic heterocycles. The highest BCUT2D eigenvalue weighted by Crippen LogP contribution is 2.31. The number of imidazole rings is 1. The summed E-state index contributed by atoms with van der Waals surface area (Å²) >= 11 is 0. The second-order valence-corrected chi connectivity index (χ2v) is 6.73. The number of benzene rings is 1. The molecule has 3 nitrogen and oxygen atoms in total. The Labute approximate surface area is 127 Å². The van der Waals surface area contributed by atoms with E-state index in [1.165, 1.54) is 31.2 Å². The Bertz CT molecular complexity index is 549. The summed E-state index contributed by atoms with van der Waals surface area (Å²) in [6, 6.07) is 8.72. The van der Waals surface area contributed by atoms with Gasteiger partial charge in [0.25, 0.3) is 0 Å². The van der Waals surface area contributed by atoms with E-state index in [9.17, 15) is 0 Å². The Morgan fingerprint density at radius 1 is 1.24 bits per heavy atom. The lowest BCUT2D eigenvalue weighted by atomic mass is 9.78. The molecule has 112 valence electrons. The topological polar surface area (TPSA) is 29.9 Å². The van der Waals surface area contributed by atoms with Crippen molar-refractivity contribution in [2.24, 2.45) is 5.92 Å². The van der Waals surface area contributed by atoms with Gasteiger partial charge >= 0.3 is 0 Å². The summed E-state index contributed by atoms with van der Waals surface area (Å²) in [5.41, 5.74) is 2.82. The van der Waals surface area contributed by atoms with Gasteiger partial charge in [-0.2, -0.15) is 0 Å². The SMILES string of the molecule is CC1CCC(C)(NCc2ccc(-n3ccnc3)cc2)CC1. The molecule has 1 aromatic carbocycles. The predicted molar refractivity (Wildman–Crippen MR) is 86.4 cm³/mol. The first kappa shape index (κ1) is 14.3. The van der Waals surface area contributed by atoms with Crippen molar-refractivity contribution in [1.29, 1.82) is 0 Å². The van der Waals surface area contributed by atoms with Gasteiger partial charge in [0.2, 0.25) is 0 Å². The minimum atomic E-state index is 0.315. The first-order valence-corrected chi connectivity index (χ1v) is 7.97. The zero-order valence-electron chi connectivity index (χ0n) is 13.0. The van der Waals surface area contributed by atoms with Crippen molar-refractivity contribution in [3.05, 3.63) is 48.5 Å². The molecule has 0 radical (unpaired) electrons. The van der Waals surface area contributed by atoms with E-state index in [1.54, 1.807) is 6.20 Å². The Kier molecular flexibility index (Phi) is 4.11. The average molecular weight is 283 g/mol. The van der Waals surface area contributed by atoms with Gasteiger partial charge in [0.1, 0.15) is 0 Å². The molecule has 3 rings (SSSR count). The number of hydrogen-bond donors (Lipinski definition) is 1. The van der Waals surface area contributed by atoms with Crippen molar-refractivity contribution in [2.75, 3.05) is 0 Å². The van der Waals surface area contributed by atoms with E-state index in [1.807, 2.05) is 17.1 Å². The van der Waals surface area contributed by atoms with E-state index < -0.39 is 0 Å². The normalized spacial score (nSPS) is 25.9. The van der Waals surface area contributed by atoms with Crippen molar-refractivity contribution >= 4 is 0 Å². The first-order valence-electron chi connectivity index (χ1n) is 7.97. The van der Waals surface area contributed by atoms with Gasteiger partial charge in [-0.3, -0.25) is 0 Å². The van der Waals surface area contributed by atoms with Gasteiger partial charge in [0.05, 0.1) is 6.33 Å². The third kappa shape index (κ3) is 3.53. The molecule has 1 aliphatic carbocycles. The van der Waals surface area contributed by atoms with Crippen molar-refractivity contribution in [1.82, 2.24) is 14.9 Å². The van der Waals surface area contributed by atoms with Crippen LogP contribution in [0.5, 0.6) is 0 Å². The lowest BCUT2D eigenvalue weighted by Gasteiger charge is -2.37. The Balaban J connectivity index is 1.58. The zero-order chi connectivity index (χ0) is 14.7. The fourth-order valence-corrected chi connectivity index (χ4v) is 3.09. The predicted octanol–water partition coefficient (Wildman–Crippen LogP) is 3.93. The Morgan fingerprint density at radius 3 is 2.57 bits per heavy atom. The van der Waals surface area contributed by atoms with E-state index in [4.69, 9.17) is 0 Å². The molecule has 0 bridgehead atoms. The fraction of sp³-hybridized carbons (Fsp3) is 0.500. The van der Waals surface area contributed by atoms with Gasteiger partial charge in [-0.1, -0.05) is 19.1 Å². The molecule has 0 unspecified atom stereocenters. The van der Waals surface area contributed by atoms with Crippen LogP contribution in [0.4, 0.5) is 0 Å². The molecule has 3 heteroatoms. The molecule has 1 N–H and O–H groups in total. The monoisotopic (exact) mass is 283 g/mol. The number of nitrogens with one attached hydrogen (secondary N) is 1. The lowest BCUT2D eigenvalue weighted by molar-refractivity contribution is 0.212. The maximum Gasteiger partial charge on any atom is 0.0991 e. The Hall–Kier alpha value is -1.61. The highest BCUT2D eigenvalue weighted by atomic mass is 15.0. The van der Waals surface area contributed by atoms with E-state index in [0.717, 1.165) is 18.2 Å². The number of hydrogen-bond acceptors (Lipinski definition) is 2. The van der Waals surface area contributed by atoms with Crippen molar-refractivity contribution in [3.63, 3.8) is 0 Å². The van der Waals surface area contributed by atoms with Crippen molar-refractivity contribution < 1.29 is 0 Å². The maximum absolute atomic E-state index is 4.08. The van der Waals surface area contributed by atoms with Crippen LogP contribution in [0, 0.1) is 5.92 Å². The van der Waals surface area contributed by atoms with Gasteiger partial charge < -0.3 is 9.88 Å². The molecule has 2 aromatic rings. The van der Waals surface area contributed by atoms with E-state index >= 15 is 0 Å². The van der Waals surface area contributed by atoms with Gasteiger partial charge in [-0.05, 0) is 56.2 Å². The molecule has 21 heavy (non-hydrogen) atoms. The molecule has 1 aliphatic rings. The van der Waals surface area contributed by atoms with Crippen LogP contribution in [0.25, 0.3) is 5.69 Å². The standard InChI is InChI=1S/C18H25N3/c1-15-7-9-18(2,10-8-15)20-13-16-3-5-17(6-4-16)21-12-11-19-14-21/h3-6,11-12,14-15,20H,7-10,13H2,1-2H3. The third-order valence-corrected chi connectivity index (χ3v) is 4.84. The zero-order valence-corrected chi connectivity index (χ0v) is 13.0. The van der Waals surface area contributed by atoms with Crippen molar-refractivity contribution in [2.45, 2.75) is 51.6 Å². The number of aromatic nitrogens is 2. The smallest absolute Gasteiger partial charge is 0.0991 e. The minimum Gasteiger partial charge on any atom is -0.307 e. The van der Waals surface area contributed by atoms with Gasteiger partial charge in [-0.15, -0.1) is 0 Å². The van der Waals surface area contributed by atoms with Crippen LogP contribution in [0.2, 0.25) is 0 Å². The fourth-order valence-electron chi connectivity index (χ4n) is 3.09. The summed E-state index contributed by atoms with van der Waals surface area (Å²) in [4.78, 5) is 4.08. The summed E-state index contributed by atoms with van der Waals surface area (Å²) in [7, 11) is 0. The quantitative estimate of drug-likeness (QED) is 0.921. The molecular weight excluding hydrogens is 258 g/mol. The number of rotatable bonds is 4. The second kappa shape index (κ2) is 6.02. The van der Waals surface area contributed by atoms with Crippen molar-refractivity contribution in [3.8, 4) is 5.69 Å². The highest BCUT2D eigenvalue weighted by Gasteiger charge is 2.28. The number of nitrogens with zero attached hydrogens (tertiary/aromatic N) is 2. The first-order chi connectivity index (χ1) is 10.1.